The van der Waals surface area contributed by atoms with Gasteiger partial charge in [-0.25, -0.2) is 0 Å². The van der Waals surface area contributed by atoms with Crippen LogP contribution < -0.4 is 29.6 Å². The number of rotatable bonds is 0. The van der Waals surface area contributed by atoms with Crippen molar-refractivity contribution < 1.29 is 29.6 Å². The number of hydrogen-bond donors (Lipinski definition) is 0. The molecule has 0 aliphatic rings. The van der Waals surface area contributed by atoms with Crippen LogP contribution >= 0.6 is 0 Å². The molecule has 0 aromatic heterocycles. The van der Waals surface area contributed by atoms with Gasteiger partial charge in [0.1, 0.15) is 0 Å². The van der Waals surface area contributed by atoms with Gasteiger partial charge < -0.3 is 5.32 Å². The zero-order valence-electron chi connectivity index (χ0n) is 4.60. The summed E-state index contributed by atoms with van der Waals surface area (Å²) in [5.41, 5.74) is 0. The smallest absolute Gasteiger partial charge is 0.668 e. The third-order valence-electron chi connectivity index (χ3n) is 0. The summed E-state index contributed by atoms with van der Waals surface area (Å²) >= 11 is 0. The minimum Gasteiger partial charge on any atom is -0.668 e. The summed E-state index contributed by atoms with van der Waals surface area (Å²) in [7, 11) is 3.50. The molecule has 0 aromatic rings. The largest absolute Gasteiger partial charge is 1.00 e. The minimum atomic E-state index is 0. The van der Waals surface area contributed by atoms with E-state index in [0.717, 1.165) is 0 Å². The van der Waals surface area contributed by atoms with E-state index in [-0.39, 0.29) is 46.4 Å². The summed E-state index contributed by atoms with van der Waals surface area (Å²) in [5, 5.41) is 3.50. The monoisotopic (exact) mass is 89.1 g/mol. The van der Waals surface area contributed by atoms with Gasteiger partial charge in [-0.1, -0.05) is 0 Å². The molecule has 0 N–H and O–H groups in total. The minimum absolute atomic E-state index is 0. The van der Waals surface area contributed by atoms with Crippen molar-refractivity contribution in [2.75, 3.05) is 14.1 Å². The zero-order valence-corrected chi connectivity index (χ0v) is 6.60. The number of nitrogens with zero attached hydrogens (tertiary/aromatic N) is 1. The molecule has 0 spiro atoms. The van der Waals surface area contributed by atoms with Crippen molar-refractivity contribution in [1.82, 2.24) is 0 Å². The van der Waals surface area contributed by atoms with Crippen LogP contribution in [0.1, 0.15) is 0 Å². The SMILES string of the molecule is C[N-]C.[B].[B].[Na+]. The average molecular weight is 88.7 g/mol. The summed E-state index contributed by atoms with van der Waals surface area (Å²) in [4.78, 5) is 0. The van der Waals surface area contributed by atoms with Crippen molar-refractivity contribution in [3.63, 3.8) is 0 Å². The molecule has 4 heteroatoms. The molecular formula is C2H6B2NNa. The van der Waals surface area contributed by atoms with Gasteiger partial charge in [-0.3, -0.25) is 0 Å². The standard InChI is InChI=1S/C2H6N.2B.Na/c1-3-2;;;/h1-2H3;;;/q-1;;;+1. The molecule has 0 aliphatic carbocycles. The second-order valence-corrected chi connectivity index (χ2v) is 0.447. The Bertz CT molecular complexity index is 11.5. The number of hydrogen-bond acceptors (Lipinski definition) is 0. The van der Waals surface area contributed by atoms with E-state index >= 15 is 0 Å². The van der Waals surface area contributed by atoms with Crippen LogP contribution in [0.25, 0.3) is 5.32 Å². The van der Waals surface area contributed by atoms with E-state index in [2.05, 4.69) is 5.32 Å². The van der Waals surface area contributed by atoms with Gasteiger partial charge in [0.25, 0.3) is 0 Å². The molecule has 0 atom stereocenters. The molecule has 6 radical (unpaired) electrons. The Morgan fingerprint density at radius 3 is 1.00 bits per heavy atom. The molecule has 0 aliphatic heterocycles. The second-order valence-electron chi connectivity index (χ2n) is 0.447. The Hall–Kier alpha value is 1.09. The maximum Gasteiger partial charge on any atom is 1.00 e. The molecule has 0 aromatic carbocycles. The van der Waals surface area contributed by atoms with Crippen molar-refractivity contribution in [2.45, 2.75) is 0 Å². The molecule has 0 bridgehead atoms. The first kappa shape index (κ1) is 27.5. The quantitative estimate of drug-likeness (QED) is 0.278. The van der Waals surface area contributed by atoms with Crippen LogP contribution in [0.4, 0.5) is 0 Å². The van der Waals surface area contributed by atoms with Crippen LogP contribution in [-0.2, 0) is 0 Å². The molecular weight excluding hydrogens is 82.6 g/mol. The van der Waals surface area contributed by atoms with Gasteiger partial charge in [-0.2, -0.15) is 14.1 Å². The van der Waals surface area contributed by atoms with Gasteiger partial charge in [0, 0.05) is 16.8 Å². The maximum absolute atomic E-state index is 3.50. The molecule has 6 heavy (non-hydrogen) atoms. The van der Waals surface area contributed by atoms with Crippen molar-refractivity contribution in [3.05, 3.63) is 5.32 Å². The fourth-order valence-corrected chi connectivity index (χ4v) is 0. The molecule has 0 amide bonds. The Balaban J connectivity index is -0.00000000667. The third kappa shape index (κ3) is 71.7. The first-order chi connectivity index (χ1) is 1.41. The molecule has 0 rings (SSSR count). The van der Waals surface area contributed by atoms with E-state index in [1.807, 2.05) is 0 Å². The fourth-order valence-electron chi connectivity index (χ4n) is 0. The molecule has 0 fully saturated rings. The van der Waals surface area contributed by atoms with E-state index < -0.39 is 0 Å². The van der Waals surface area contributed by atoms with Gasteiger partial charge in [0.2, 0.25) is 0 Å². The Kier molecular flexibility index (Phi) is 166. The zero-order chi connectivity index (χ0) is 2.71. The fraction of sp³-hybridized carbons (Fsp3) is 1.00. The van der Waals surface area contributed by atoms with Gasteiger partial charge in [-0.15, -0.1) is 0 Å². The Morgan fingerprint density at radius 2 is 1.00 bits per heavy atom. The molecule has 0 heterocycles. The second kappa shape index (κ2) is 36.1. The van der Waals surface area contributed by atoms with E-state index in [0.29, 0.717) is 0 Å². The third-order valence-corrected chi connectivity index (χ3v) is 0. The summed E-state index contributed by atoms with van der Waals surface area (Å²) in [5.74, 6) is 0. The molecule has 0 saturated carbocycles. The summed E-state index contributed by atoms with van der Waals surface area (Å²) in [6, 6.07) is 0. The molecule has 0 unspecified atom stereocenters. The van der Waals surface area contributed by atoms with E-state index in [1.54, 1.807) is 14.1 Å². The van der Waals surface area contributed by atoms with Crippen molar-refractivity contribution >= 4 is 16.8 Å². The first-order valence-corrected chi connectivity index (χ1v) is 0.894. The summed E-state index contributed by atoms with van der Waals surface area (Å²) in [6.45, 7) is 0. The first-order valence-electron chi connectivity index (χ1n) is 0.894. The van der Waals surface area contributed by atoms with Crippen LogP contribution in [0.5, 0.6) is 0 Å². The molecule has 0 saturated heterocycles. The van der Waals surface area contributed by atoms with Gasteiger partial charge in [0.15, 0.2) is 0 Å². The van der Waals surface area contributed by atoms with Crippen molar-refractivity contribution in [2.24, 2.45) is 0 Å². The van der Waals surface area contributed by atoms with E-state index in [9.17, 15) is 0 Å². The summed E-state index contributed by atoms with van der Waals surface area (Å²) < 4.78 is 0. The Labute approximate surface area is 65.7 Å². The topological polar surface area (TPSA) is 14.1 Å². The van der Waals surface area contributed by atoms with E-state index in [1.165, 1.54) is 0 Å². The normalized spacial score (nSPS) is 3.00. The van der Waals surface area contributed by atoms with Crippen LogP contribution in [0.2, 0.25) is 0 Å². The van der Waals surface area contributed by atoms with Crippen molar-refractivity contribution in [3.8, 4) is 0 Å². The van der Waals surface area contributed by atoms with Gasteiger partial charge >= 0.3 is 29.6 Å². The van der Waals surface area contributed by atoms with Gasteiger partial charge in [0.05, 0.1) is 0 Å². The van der Waals surface area contributed by atoms with Crippen LogP contribution in [-0.4, -0.2) is 30.9 Å². The van der Waals surface area contributed by atoms with Crippen molar-refractivity contribution in [1.29, 1.82) is 0 Å². The van der Waals surface area contributed by atoms with Crippen LogP contribution in [0.15, 0.2) is 0 Å². The van der Waals surface area contributed by atoms with Gasteiger partial charge in [-0.05, 0) is 0 Å². The molecule has 1 nitrogen and oxygen atoms in total. The average Bonchev–Trinajstić information content (AvgIpc) is 0.918. The predicted molar refractivity (Wildman–Crippen MR) is 26.7 cm³/mol. The predicted octanol–water partition coefficient (Wildman–Crippen LogP) is -3.14. The molecule has 26 valence electrons. The summed E-state index contributed by atoms with van der Waals surface area (Å²) in [6.07, 6.45) is 0. The van der Waals surface area contributed by atoms with Crippen LogP contribution in [0, 0.1) is 0 Å². The Morgan fingerprint density at radius 1 is 1.00 bits per heavy atom. The maximum atomic E-state index is 3.50. The van der Waals surface area contributed by atoms with E-state index in [4.69, 9.17) is 0 Å². The van der Waals surface area contributed by atoms with Crippen LogP contribution in [0.3, 0.4) is 0 Å².